The average Bonchev–Trinajstić information content (AvgIpc) is 3.24. The highest BCUT2D eigenvalue weighted by atomic mass is 19.1. The van der Waals surface area contributed by atoms with E-state index in [1.165, 1.54) is 17.7 Å². The predicted molar refractivity (Wildman–Crippen MR) is 90.2 cm³/mol. The zero-order chi connectivity index (χ0) is 20.3. The van der Waals surface area contributed by atoms with E-state index in [-0.39, 0.29) is 23.9 Å². The molecule has 0 saturated carbocycles. The van der Waals surface area contributed by atoms with Gasteiger partial charge >= 0.3 is 6.09 Å². The van der Waals surface area contributed by atoms with Crippen LogP contribution in [0.3, 0.4) is 0 Å². The monoisotopic (exact) mass is 393 g/mol. The Balaban J connectivity index is 1.56. The molecule has 3 rings (SSSR count). The Labute approximate surface area is 156 Å². The van der Waals surface area contributed by atoms with Crippen LogP contribution in [-0.2, 0) is 17.9 Å². The SMILES string of the molecule is CC(=O)c1ccc(Cn2ccc(NC(=O)OCc3c(F)cc(F)cc3F)n2)o1. The van der Waals surface area contributed by atoms with E-state index in [1.807, 2.05) is 0 Å². The predicted octanol–water partition coefficient (Wildman–Crippen LogP) is 3.89. The molecule has 3 aromatic rings. The fourth-order valence-corrected chi connectivity index (χ4v) is 2.32. The molecular formula is C18H14F3N3O4. The first-order valence-corrected chi connectivity index (χ1v) is 8.02. The first-order valence-electron chi connectivity index (χ1n) is 8.02. The minimum atomic E-state index is -1.15. The third-order valence-corrected chi connectivity index (χ3v) is 3.65. The van der Waals surface area contributed by atoms with Crippen LogP contribution in [0, 0.1) is 17.5 Å². The normalized spacial score (nSPS) is 10.7. The molecule has 10 heteroatoms. The number of ether oxygens (including phenoxy) is 1. The van der Waals surface area contributed by atoms with Crippen LogP contribution < -0.4 is 5.32 Å². The topological polar surface area (TPSA) is 86.4 Å². The lowest BCUT2D eigenvalue weighted by Gasteiger charge is -2.07. The first kappa shape index (κ1) is 19.2. The minimum Gasteiger partial charge on any atom is -0.456 e. The van der Waals surface area contributed by atoms with Crippen LogP contribution >= 0.6 is 0 Å². The summed E-state index contributed by atoms with van der Waals surface area (Å²) in [5.74, 6) is -2.74. The highest BCUT2D eigenvalue weighted by molar-refractivity contribution is 5.91. The number of carbonyl (C=O) groups is 2. The maximum Gasteiger partial charge on any atom is 0.413 e. The Kier molecular flexibility index (Phi) is 5.48. The summed E-state index contributed by atoms with van der Waals surface area (Å²) in [6.45, 7) is 0.883. The Morgan fingerprint density at radius 3 is 2.54 bits per heavy atom. The molecule has 0 fully saturated rings. The maximum absolute atomic E-state index is 13.5. The number of Topliss-reactive ketones (excluding diaryl/α,β-unsaturated/α-hetero) is 1. The Morgan fingerprint density at radius 1 is 1.18 bits per heavy atom. The summed E-state index contributed by atoms with van der Waals surface area (Å²) in [5.41, 5.74) is -0.568. The van der Waals surface area contributed by atoms with Crippen molar-refractivity contribution >= 4 is 17.7 Å². The third-order valence-electron chi connectivity index (χ3n) is 3.65. The van der Waals surface area contributed by atoms with Crippen LogP contribution in [0.25, 0.3) is 0 Å². The Morgan fingerprint density at radius 2 is 1.89 bits per heavy atom. The number of carbonyl (C=O) groups excluding carboxylic acids is 2. The van der Waals surface area contributed by atoms with Crippen molar-refractivity contribution in [2.24, 2.45) is 0 Å². The number of furan rings is 1. The zero-order valence-corrected chi connectivity index (χ0v) is 14.5. The van der Waals surface area contributed by atoms with Gasteiger partial charge in [0.2, 0.25) is 0 Å². The van der Waals surface area contributed by atoms with Gasteiger partial charge in [-0.2, -0.15) is 5.10 Å². The highest BCUT2D eigenvalue weighted by Crippen LogP contribution is 2.16. The molecule has 0 atom stereocenters. The molecule has 0 saturated heterocycles. The lowest BCUT2D eigenvalue weighted by atomic mass is 10.2. The van der Waals surface area contributed by atoms with Crippen LogP contribution in [-0.4, -0.2) is 21.7 Å². The molecule has 0 radical (unpaired) electrons. The van der Waals surface area contributed by atoms with E-state index in [2.05, 4.69) is 10.4 Å². The van der Waals surface area contributed by atoms with Crippen LogP contribution in [0.1, 0.15) is 28.8 Å². The molecule has 0 aliphatic heterocycles. The van der Waals surface area contributed by atoms with E-state index in [0.717, 1.165) is 0 Å². The van der Waals surface area contributed by atoms with Crippen molar-refractivity contribution in [1.82, 2.24) is 9.78 Å². The van der Waals surface area contributed by atoms with E-state index in [4.69, 9.17) is 9.15 Å². The molecule has 0 aliphatic carbocycles. The molecule has 2 aromatic heterocycles. The number of nitrogens with one attached hydrogen (secondary N) is 1. The second-order valence-corrected chi connectivity index (χ2v) is 5.77. The fraction of sp³-hybridized carbons (Fsp3) is 0.167. The molecule has 1 amide bonds. The van der Waals surface area contributed by atoms with Gasteiger partial charge in [0.1, 0.15) is 29.8 Å². The quantitative estimate of drug-likeness (QED) is 0.642. The van der Waals surface area contributed by atoms with E-state index in [9.17, 15) is 22.8 Å². The molecule has 146 valence electrons. The van der Waals surface area contributed by atoms with Gasteiger partial charge in [0.15, 0.2) is 17.4 Å². The maximum atomic E-state index is 13.5. The number of nitrogens with zero attached hydrogens (tertiary/aromatic N) is 2. The Bertz CT molecular complexity index is 1010. The van der Waals surface area contributed by atoms with Crippen molar-refractivity contribution in [3.8, 4) is 0 Å². The van der Waals surface area contributed by atoms with Crippen molar-refractivity contribution in [1.29, 1.82) is 0 Å². The van der Waals surface area contributed by atoms with Crippen LogP contribution in [0.4, 0.5) is 23.8 Å². The van der Waals surface area contributed by atoms with Crippen LogP contribution in [0.5, 0.6) is 0 Å². The molecule has 0 spiro atoms. The molecule has 0 aliphatic rings. The summed E-state index contributed by atoms with van der Waals surface area (Å²) in [6, 6.07) is 5.63. The smallest absolute Gasteiger partial charge is 0.413 e. The first-order chi connectivity index (χ1) is 13.3. The number of ketones is 1. The molecule has 0 bridgehead atoms. The molecular weight excluding hydrogens is 379 g/mol. The van der Waals surface area contributed by atoms with Crippen molar-refractivity contribution < 1.29 is 31.9 Å². The highest BCUT2D eigenvalue weighted by Gasteiger charge is 2.15. The molecule has 2 heterocycles. The molecule has 0 unspecified atom stereocenters. The van der Waals surface area contributed by atoms with Crippen molar-refractivity contribution in [2.45, 2.75) is 20.1 Å². The van der Waals surface area contributed by atoms with Gasteiger partial charge in [-0.3, -0.25) is 14.8 Å². The fourth-order valence-electron chi connectivity index (χ4n) is 2.32. The van der Waals surface area contributed by atoms with Gasteiger partial charge in [0, 0.05) is 31.3 Å². The second kappa shape index (κ2) is 7.99. The van der Waals surface area contributed by atoms with E-state index in [1.54, 1.807) is 18.3 Å². The van der Waals surface area contributed by atoms with E-state index in [0.29, 0.717) is 17.9 Å². The van der Waals surface area contributed by atoms with Gasteiger partial charge < -0.3 is 9.15 Å². The van der Waals surface area contributed by atoms with E-state index >= 15 is 0 Å². The summed E-state index contributed by atoms with van der Waals surface area (Å²) in [6.07, 6.45) is 0.551. The number of hydrogen-bond donors (Lipinski definition) is 1. The number of rotatable bonds is 6. The van der Waals surface area contributed by atoms with Crippen LogP contribution in [0.2, 0.25) is 0 Å². The number of benzene rings is 1. The summed E-state index contributed by atoms with van der Waals surface area (Å²) in [7, 11) is 0. The van der Waals surface area contributed by atoms with Gasteiger partial charge in [0.25, 0.3) is 0 Å². The largest absolute Gasteiger partial charge is 0.456 e. The molecule has 28 heavy (non-hydrogen) atoms. The van der Waals surface area contributed by atoms with E-state index < -0.39 is 35.7 Å². The number of anilines is 1. The summed E-state index contributed by atoms with van der Waals surface area (Å²) < 4.78 is 51.4. The van der Waals surface area contributed by atoms with Crippen LogP contribution in [0.15, 0.2) is 40.9 Å². The summed E-state index contributed by atoms with van der Waals surface area (Å²) >= 11 is 0. The van der Waals surface area contributed by atoms with Gasteiger partial charge in [-0.15, -0.1) is 0 Å². The summed E-state index contributed by atoms with van der Waals surface area (Å²) in [4.78, 5) is 23.0. The number of amides is 1. The summed E-state index contributed by atoms with van der Waals surface area (Å²) in [5, 5.41) is 6.36. The van der Waals surface area contributed by atoms with Crippen molar-refractivity contribution in [3.05, 3.63) is 71.1 Å². The van der Waals surface area contributed by atoms with Crippen molar-refractivity contribution in [3.63, 3.8) is 0 Å². The van der Waals surface area contributed by atoms with Gasteiger partial charge in [-0.25, -0.2) is 18.0 Å². The minimum absolute atomic E-state index is 0.128. The zero-order valence-electron chi connectivity index (χ0n) is 14.5. The number of halogens is 3. The lowest BCUT2D eigenvalue weighted by molar-refractivity contribution is 0.0985. The number of aromatic nitrogens is 2. The second-order valence-electron chi connectivity index (χ2n) is 5.77. The third kappa shape index (κ3) is 4.58. The van der Waals surface area contributed by atoms with Gasteiger partial charge in [0.05, 0.1) is 12.1 Å². The lowest BCUT2D eigenvalue weighted by Crippen LogP contribution is -2.15. The molecule has 7 nitrogen and oxygen atoms in total. The Hall–Kier alpha value is -3.56. The average molecular weight is 393 g/mol. The molecule has 1 N–H and O–H groups in total. The van der Waals surface area contributed by atoms with Gasteiger partial charge in [-0.1, -0.05) is 0 Å². The van der Waals surface area contributed by atoms with Crippen molar-refractivity contribution in [2.75, 3.05) is 5.32 Å². The number of hydrogen-bond acceptors (Lipinski definition) is 5. The standard InChI is InChI=1S/C18H14F3N3O4/c1-10(25)16-3-2-12(28-16)8-24-5-4-17(23-24)22-18(26)27-9-13-14(20)6-11(19)7-15(13)21/h2-7H,8-9H2,1H3,(H,22,23,26). The molecule has 1 aromatic carbocycles. The van der Waals surface area contributed by atoms with Gasteiger partial charge in [-0.05, 0) is 12.1 Å².